The summed E-state index contributed by atoms with van der Waals surface area (Å²) in [6.45, 7) is 3.68. The summed E-state index contributed by atoms with van der Waals surface area (Å²) in [4.78, 5) is 24.8. The second kappa shape index (κ2) is 8.00. The van der Waals surface area contributed by atoms with Crippen LogP contribution in [0.5, 0.6) is 0 Å². The quantitative estimate of drug-likeness (QED) is 0.652. The molecule has 0 spiro atoms. The van der Waals surface area contributed by atoms with Crippen LogP contribution in [0.15, 0.2) is 48.5 Å². The summed E-state index contributed by atoms with van der Waals surface area (Å²) >= 11 is 0. The number of piperazine rings is 1. The molecule has 1 fully saturated rings. The Morgan fingerprint density at radius 2 is 1.93 bits per heavy atom. The molecule has 1 aliphatic heterocycles. The number of nitrogens with zero attached hydrogens (tertiary/aromatic N) is 3. The Balaban J connectivity index is 1.34. The van der Waals surface area contributed by atoms with Crippen LogP contribution in [0, 0.1) is 0 Å². The summed E-state index contributed by atoms with van der Waals surface area (Å²) in [5.74, 6) is 0.821. The van der Waals surface area contributed by atoms with Gasteiger partial charge in [-0.25, -0.2) is 9.78 Å². The van der Waals surface area contributed by atoms with E-state index >= 15 is 0 Å². The van der Waals surface area contributed by atoms with Crippen molar-refractivity contribution in [3.8, 4) is 11.4 Å². The molecular formula is C21H26N6O. The predicted octanol–water partition coefficient (Wildman–Crippen LogP) is 2.60. The molecule has 2 aromatic carbocycles. The van der Waals surface area contributed by atoms with Gasteiger partial charge in [0, 0.05) is 43.5 Å². The van der Waals surface area contributed by atoms with E-state index in [1.54, 1.807) is 0 Å². The molecule has 1 atom stereocenters. The Hall–Kier alpha value is -2.90. The molecule has 3 N–H and O–H groups in total. The van der Waals surface area contributed by atoms with Crippen LogP contribution in [0.3, 0.4) is 0 Å². The van der Waals surface area contributed by atoms with Gasteiger partial charge in [-0.05, 0) is 50.5 Å². The largest absolute Gasteiger partial charge is 0.338 e. The number of hydrogen-bond acceptors (Lipinski definition) is 4. The number of H-pyrrole nitrogens is 1. The van der Waals surface area contributed by atoms with Crippen LogP contribution >= 0.6 is 0 Å². The third-order valence-electron chi connectivity index (χ3n) is 5.28. The lowest BCUT2D eigenvalue weighted by Crippen LogP contribution is -2.54. The molecule has 0 radical (unpaired) electrons. The molecule has 0 aliphatic carbocycles. The molecule has 7 heteroatoms. The molecule has 28 heavy (non-hydrogen) atoms. The van der Waals surface area contributed by atoms with E-state index in [4.69, 9.17) is 0 Å². The van der Waals surface area contributed by atoms with Crippen LogP contribution in [-0.2, 0) is 0 Å². The normalized spacial score (nSPS) is 18.3. The number of nitrogens with one attached hydrogen (secondary N) is 3. The van der Waals surface area contributed by atoms with E-state index in [1.807, 2.05) is 48.5 Å². The van der Waals surface area contributed by atoms with Crippen molar-refractivity contribution in [2.45, 2.75) is 6.04 Å². The molecule has 2 heterocycles. The van der Waals surface area contributed by atoms with Crippen molar-refractivity contribution in [1.82, 2.24) is 25.1 Å². The van der Waals surface area contributed by atoms with Crippen molar-refractivity contribution >= 4 is 22.8 Å². The molecule has 3 aromatic rings. The van der Waals surface area contributed by atoms with E-state index in [2.05, 4.69) is 44.5 Å². The molecule has 2 amide bonds. The highest BCUT2D eigenvalue weighted by Crippen LogP contribution is 2.22. The van der Waals surface area contributed by atoms with Gasteiger partial charge in [-0.2, -0.15) is 0 Å². The van der Waals surface area contributed by atoms with Gasteiger partial charge in [-0.3, -0.25) is 4.90 Å². The van der Waals surface area contributed by atoms with E-state index in [1.165, 1.54) is 0 Å². The number of rotatable bonds is 4. The SMILES string of the molecule is CN1CCN(C)C(CNC(=O)Nc2ccc(-c3nc4ccccc4[nH]3)cc2)C1. The number of amides is 2. The van der Waals surface area contributed by atoms with E-state index in [0.29, 0.717) is 12.6 Å². The summed E-state index contributed by atoms with van der Waals surface area (Å²) in [5.41, 5.74) is 3.69. The zero-order valence-electron chi connectivity index (χ0n) is 16.3. The maximum atomic E-state index is 12.2. The second-order valence-corrected chi connectivity index (χ2v) is 7.41. The summed E-state index contributed by atoms with van der Waals surface area (Å²) in [5, 5.41) is 5.88. The molecule has 1 saturated heterocycles. The van der Waals surface area contributed by atoms with Crippen LogP contribution in [0.25, 0.3) is 22.4 Å². The third kappa shape index (κ3) is 4.16. The summed E-state index contributed by atoms with van der Waals surface area (Å²) in [7, 11) is 4.22. The number of aromatic nitrogens is 2. The number of aromatic amines is 1. The fraction of sp³-hybridized carbons (Fsp3) is 0.333. The van der Waals surface area contributed by atoms with Crippen LogP contribution in [0.2, 0.25) is 0 Å². The van der Waals surface area contributed by atoms with Crippen molar-refractivity contribution in [2.24, 2.45) is 0 Å². The van der Waals surface area contributed by atoms with E-state index in [9.17, 15) is 4.79 Å². The number of fused-ring (bicyclic) bond motifs is 1. The van der Waals surface area contributed by atoms with Gasteiger partial charge >= 0.3 is 6.03 Å². The number of urea groups is 1. The van der Waals surface area contributed by atoms with E-state index < -0.39 is 0 Å². The molecule has 1 aliphatic rings. The Labute approximate surface area is 164 Å². The second-order valence-electron chi connectivity index (χ2n) is 7.41. The number of carbonyl (C=O) groups excluding carboxylic acids is 1. The molecule has 1 unspecified atom stereocenters. The first-order valence-corrected chi connectivity index (χ1v) is 9.57. The minimum atomic E-state index is -0.182. The zero-order valence-corrected chi connectivity index (χ0v) is 16.3. The molecule has 4 rings (SSSR count). The smallest absolute Gasteiger partial charge is 0.319 e. The fourth-order valence-electron chi connectivity index (χ4n) is 3.51. The van der Waals surface area contributed by atoms with Crippen LogP contribution < -0.4 is 10.6 Å². The Morgan fingerprint density at radius 1 is 1.14 bits per heavy atom. The number of hydrogen-bond donors (Lipinski definition) is 3. The first-order chi connectivity index (χ1) is 13.6. The maximum absolute atomic E-state index is 12.2. The van der Waals surface area contributed by atoms with Crippen molar-refractivity contribution in [1.29, 1.82) is 0 Å². The zero-order chi connectivity index (χ0) is 19.5. The van der Waals surface area contributed by atoms with Gasteiger partial charge < -0.3 is 20.5 Å². The molecule has 7 nitrogen and oxygen atoms in total. The van der Waals surface area contributed by atoms with Gasteiger partial charge in [0.15, 0.2) is 0 Å². The van der Waals surface area contributed by atoms with Gasteiger partial charge in [0.2, 0.25) is 0 Å². The lowest BCUT2D eigenvalue weighted by Gasteiger charge is -2.37. The van der Waals surface area contributed by atoms with Crippen molar-refractivity contribution < 1.29 is 4.79 Å². The minimum absolute atomic E-state index is 0.182. The van der Waals surface area contributed by atoms with Crippen molar-refractivity contribution in [3.63, 3.8) is 0 Å². The highest BCUT2D eigenvalue weighted by atomic mass is 16.2. The lowest BCUT2D eigenvalue weighted by atomic mass is 10.2. The summed E-state index contributed by atoms with van der Waals surface area (Å²) < 4.78 is 0. The van der Waals surface area contributed by atoms with Gasteiger partial charge in [-0.15, -0.1) is 0 Å². The molecule has 0 bridgehead atoms. The first-order valence-electron chi connectivity index (χ1n) is 9.57. The van der Waals surface area contributed by atoms with Crippen LogP contribution in [0.1, 0.15) is 0 Å². The number of para-hydroxylation sites is 2. The highest BCUT2D eigenvalue weighted by molar-refractivity contribution is 5.89. The average Bonchev–Trinajstić information content (AvgIpc) is 3.13. The lowest BCUT2D eigenvalue weighted by molar-refractivity contribution is 0.115. The molecular weight excluding hydrogens is 352 g/mol. The number of anilines is 1. The van der Waals surface area contributed by atoms with Crippen molar-refractivity contribution in [2.75, 3.05) is 45.6 Å². The Bertz CT molecular complexity index is 918. The van der Waals surface area contributed by atoms with Gasteiger partial charge in [-0.1, -0.05) is 12.1 Å². The topological polar surface area (TPSA) is 76.3 Å². The highest BCUT2D eigenvalue weighted by Gasteiger charge is 2.22. The summed E-state index contributed by atoms with van der Waals surface area (Å²) in [6.07, 6.45) is 0. The minimum Gasteiger partial charge on any atom is -0.338 e. The third-order valence-corrected chi connectivity index (χ3v) is 5.28. The number of benzene rings is 2. The first kappa shape index (κ1) is 18.5. The number of imidazole rings is 1. The molecule has 146 valence electrons. The van der Waals surface area contributed by atoms with E-state index in [-0.39, 0.29) is 6.03 Å². The fourth-order valence-corrected chi connectivity index (χ4v) is 3.51. The molecule has 1 aromatic heterocycles. The monoisotopic (exact) mass is 378 g/mol. The number of likely N-dealkylation sites (N-methyl/N-ethyl adjacent to an activating group) is 2. The standard InChI is InChI=1S/C21H26N6O/c1-26-11-12-27(2)17(14-26)13-22-21(28)23-16-9-7-15(8-10-16)20-24-18-5-3-4-6-19(18)25-20/h3-10,17H,11-14H2,1-2H3,(H,24,25)(H2,22,23,28). The summed E-state index contributed by atoms with van der Waals surface area (Å²) in [6, 6.07) is 15.8. The van der Waals surface area contributed by atoms with Crippen LogP contribution in [0.4, 0.5) is 10.5 Å². The van der Waals surface area contributed by atoms with Gasteiger partial charge in [0.25, 0.3) is 0 Å². The molecule has 0 saturated carbocycles. The predicted molar refractivity (Wildman–Crippen MR) is 112 cm³/mol. The maximum Gasteiger partial charge on any atom is 0.319 e. The van der Waals surface area contributed by atoms with E-state index in [0.717, 1.165) is 47.7 Å². The van der Waals surface area contributed by atoms with Crippen molar-refractivity contribution in [3.05, 3.63) is 48.5 Å². The average molecular weight is 378 g/mol. The van der Waals surface area contributed by atoms with Gasteiger partial charge in [0.05, 0.1) is 11.0 Å². The Kier molecular flexibility index (Phi) is 5.27. The Morgan fingerprint density at radius 3 is 2.71 bits per heavy atom. The van der Waals surface area contributed by atoms with Crippen LogP contribution in [-0.4, -0.2) is 72.1 Å². The number of carbonyl (C=O) groups is 1. The van der Waals surface area contributed by atoms with Gasteiger partial charge in [0.1, 0.15) is 5.82 Å².